The maximum absolute atomic E-state index is 5.85. The van der Waals surface area contributed by atoms with Gasteiger partial charge in [0.25, 0.3) is 0 Å². The van der Waals surface area contributed by atoms with Gasteiger partial charge in [-0.3, -0.25) is 0 Å². The predicted molar refractivity (Wildman–Crippen MR) is 70.2 cm³/mol. The molecule has 0 aromatic heterocycles. The van der Waals surface area contributed by atoms with Crippen molar-refractivity contribution >= 4 is 11.6 Å². The van der Waals surface area contributed by atoms with Crippen LogP contribution in [0.4, 0.5) is 0 Å². The van der Waals surface area contributed by atoms with E-state index in [0.29, 0.717) is 17.9 Å². The molecule has 1 N–H and O–H groups in total. The molecule has 16 heavy (non-hydrogen) atoms. The molecule has 0 aliphatic heterocycles. The zero-order valence-electron chi connectivity index (χ0n) is 10.0. The van der Waals surface area contributed by atoms with Crippen LogP contribution in [-0.4, -0.2) is 18.5 Å². The zero-order valence-corrected chi connectivity index (χ0v) is 10.8. The van der Waals surface area contributed by atoms with Crippen LogP contribution in [0, 0.1) is 5.92 Å². The van der Waals surface area contributed by atoms with Crippen LogP contribution in [0.1, 0.15) is 30.9 Å². The molecule has 0 saturated carbocycles. The summed E-state index contributed by atoms with van der Waals surface area (Å²) in [4.78, 5) is 0. The number of alkyl halides is 1. The summed E-state index contributed by atoms with van der Waals surface area (Å²) < 4.78 is 0. The van der Waals surface area contributed by atoms with E-state index in [-0.39, 0.29) is 0 Å². The highest BCUT2D eigenvalue weighted by Gasteiger charge is 2.25. The Morgan fingerprint density at radius 1 is 1.38 bits per heavy atom. The molecule has 3 atom stereocenters. The van der Waals surface area contributed by atoms with E-state index in [1.165, 1.54) is 17.5 Å². The van der Waals surface area contributed by atoms with Gasteiger partial charge in [0.2, 0.25) is 0 Å². The fraction of sp³-hybridized carbons (Fsp3) is 0.571. The van der Waals surface area contributed by atoms with E-state index in [0.717, 1.165) is 12.4 Å². The summed E-state index contributed by atoms with van der Waals surface area (Å²) in [6.07, 6.45) is 1.23. The summed E-state index contributed by atoms with van der Waals surface area (Å²) >= 11 is 5.85. The largest absolute Gasteiger partial charge is 0.313 e. The lowest BCUT2D eigenvalue weighted by Gasteiger charge is -2.32. The number of halogens is 1. The van der Waals surface area contributed by atoms with Crippen molar-refractivity contribution in [2.24, 2.45) is 5.92 Å². The number of nitrogens with one attached hydrogen (secondary N) is 1. The third-order valence-corrected chi connectivity index (χ3v) is 4.23. The average Bonchev–Trinajstić information content (AvgIpc) is 2.29. The van der Waals surface area contributed by atoms with Crippen LogP contribution in [0.25, 0.3) is 0 Å². The van der Waals surface area contributed by atoms with Gasteiger partial charge in [0.15, 0.2) is 0 Å². The first-order chi connectivity index (χ1) is 7.72. The second-order valence-corrected chi connectivity index (χ2v) is 5.24. The molecule has 0 amide bonds. The molecule has 0 heterocycles. The number of hydrogen-bond acceptors (Lipinski definition) is 1. The van der Waals surface area contributed by atoms with Crippen molar-refractivity contribution in [3.63, 3.8) is 0 Å². The summed E-state index contributed by atoms with van der Waals surface area (Å²) in [5.74, 6) is 1.98. The molecule has 2 heteroatoms. The number of benzene rings is 1. The van der Waals surface area contributed by atoms with E-state index in [9.17, 15) is 0 Å². The Morgan fingerprint density at radius 2 is 2.12 bits per heavy atom. The SMILES string of the molecule is CC(CCl)C(C)NCC1Cc2ccccc21. The maximum atomic E-state index is 5.85. The smallest absolute Gasteiger partial charge is 0.0263 e. The fourth-order valence-electron chi connectivity index (χ4n) is 2.21. The summed E-state index contributed by atoms with van der Waals surface area (Å²) in [5, 5.41) is 3.59. The maximum Gasteiger partial charge on any atom is 0.0263 e. The Kier molecular flexibility index (Phi) is 3.88. The lowest BCUT2D eigenvalue weighted by molar-refractivity contribution is 0.404. The Balaban J connectivity index is 1.82. The van der Waals surface area contributed by atoms with Gasteiger partial charge >= 0.3 is 0 Å². The second kappa shape index (κ2) is 5.20. The van der Waals surface area contributed by atoms with Crippen molar-refractivity contribution in [3.05, 3.63) is 35.4 Å². The Bertz CT molecular complexity index is 350. The first-order valence-electron chi connectivity index (χ1n) is 6.09. The zero-order chi connectivity index (χ0) is 11.5. The van der Waals surface area contributed by atoms with E-state index in [1.54, 1.807) is 0 Å². The van der Waals surface area contributed by atoms with Crippen LogP contribution in [0.2, 0.25) is 0 Å². The van der Waals surface area contributed by atoms with Gasteiger partial charge in [-0.25, -0.2) is 0 Å². The van der Waals surface area contributed by atoms with Gasteiger partial charge < -0.3 is 5.32 Å². The van der Waals surface area contributed by atoms with Crippen molar-refractivity contribution in [1.29, 1.82) is 0 Å². The molecule has 1 aromatic rings. The molecule has 3 unspecified atom stereocenters. The van der Waals surface area contributed by atoms with Gasteiger partial charge in [-0.15, -0.1) is 11.6 Å². The monoisotopic (exact) mass is 237 g/mol. The first-order valence-corrected chi connectivity index (χ1v) is 6.63. The molecule has 0 saturated heterocycles. The lowest BCUT2D eigenvalue weighted by Crippen LogP contribution is -2.38. The molecule has 1 aromatic carbocycles. The number of fused-ring (bicyclic) bond motifs is 1. The molecule has 1 aliphatic rings. The summed E-state index contributed by atoms with van der Waals surface area (Å²) in [6, 6.07) is 9.25. The van der Waals surface area contributed by atoms with Gasteiger partial charge in [-0.2, -0.15) is 0 Å². The van der Waals surface area contributed by atoms with Crippen molar-refractivity contribution in [2.75, 3.05) is 12.4 Å². The molecule has 1 aliphatic carbocycles. The van der Waals surface area contributed by atoms with Crippen LogP contribution in [0.3, 0.4) is 0 Å². The third kappa shape index (κ3) is 2.41. The summed E-state index contributed by atoms with van der Waals surface area (Å²) in [5.41, 5.74) is 3.05. The lowest BCUT2D eigenvalue weighted by atomic mass is 9.77. The predicted octanol–water partition coefficient (Wildman–Crippen LogP) is 3.18. The highest BCUT2D eigenvalue weighted by atomic mass is 35.5. The standard InChI is InChI=1S/C14H20ClN/c1-10(8-15)11(2)16-9-13-7-12-5-3-4-6-14(12)13/h3-6,10-11,13,16H,7-9H2,1-2H3. The van der Waals surface area contributed by atoms with Gasteiger partial charge in [0.05, 0.1) is 0 Å². The minimum atomic E-state index is 0.505. The van der Waals surface area contributed by atoms with Crippen molar-refractivity contribution in [1.82, 2.24) is 5.32 Å². The van der Waals surface area contributed by atoms with Crippen LogP contribution < -0.4 is 5.32 Å². The van der Waals surface area contributed by atoms with Crippen LogP contribution in [-0.2, 0) is 6.42 Å². The van der Waals surface area contributed by atoms with Crippen molar-refractivity contribution < 1.29 is 0 Å². The topological polar surface area (TPSA) is 12.0 Å². The molecule has 0 radical (unpaired) electrons. The van der Waals surface area contributed by atoms with Crippen LogP contribution >= 0.6 is 11.6 Å². The van der Waals surface area contributed by atoms with Gasteiger partial charge in [-0.1, -0.05) is 31.2 Å². The van der Waals surface area contributed by atoms with Gasteiger partial charge in [0.1, 0.15) is 0 Å². The molecule has 1 nitrogen and oxygen atoms in total. The molecular weight excluding hydrogens is 218 g/mol. The van der Waals surface area contributed by atoms with Gasteiger partial charge in [-0.05, 0) is 30.4 Å². The number of rotatable bonds is 5. The minimum absolute atomic E-state index is 0.505. The van der Waals surface area contributed by atoms with E-state index < -0.39 is 0 Å². The molecule has 2 rings (SSSR count). The fourth-order valence-corrected chi connectivity index (χ4v) is 2.48. The van der Waals surface area contributed by atoms with Gasteiger partial charge in [0, 0.05) is 24.4 Å². The average molecular weight is 238 g/mol. The first kappa shape index (κ1) is 11.9. The number of hydrogen-bond donors (Lipinski definition) is 1. The highest BCUT2D eigenvalue weighted by molar-refractivity contribution is 6.18. The van der Waals surface area contributed by atoms with E-state index in [1.807, 2.05) is 0 Å². The van der Waals surface area contributed by atoms with E-state index >= 15 is 0 Å². The van der Waals surface area contributed by atoms with Crippen LogP contribution in [0.15, 0.2) is 24.3 Å². The summed E-state index contributed by atoms with van der Waals surface area (Å²) in [6.45, 7) is 5.50. The summed E-state index contributed by atoms with van der Waals surface area (Å²) in [7, 11) is 0. The normalized spacial score (nSPS) is 22.1. The van der Waals surface area contributed by atoms with E-state index in [4.69, 9.17) is 11.6 Å². The molecular formula is C14H20ClN. The highest BCUT2D eigenvalue weighted by Crippen LogP contribution is 2.34. The van der Waals surface area contributed by atoms with Crippen LogP contribution in [0.5, 0.6) is 0 Å². The van der Waals surface area contributed by atoms with Crippen molar-refractivity contribution in [2.45, 2.75) is 32.2 Å². The molecule has 0 spiro atoms. The second-order valence-electron chi connectivity index (χ2n) is 4.93. The third-order valence-electron chi connectivity index (χ3n) is 3.74. The Hall–Kier alpha value is -0.530. The molecule has 0 fully saturated rings. The van der Waals surface area contributed by atoms with Crippen molar-refractivity contribution in [3.8, 4) is 0 Å². The quantitative estimate of drug-likeness (QED) is 0.776. The molecule has 0 bridgehead atoms. The Labute approximate surface area is 103 Å². The Morgan fingerprint density at radius 3 is 2.81 bits per heavy atom. The molecule has 88 valence electrons. The minimum Gasteiger partial charge on any atom is -0.313 e. The van der Waals surface area contributed by atoms with E-state index in [2.05, 4.69) is 43.4 Å².